The van der Waals surface area contributed by atoms with Crippen molar-refractivity contribution in [1.29, 1.82) is 0 Å². The molecule has 41 heavy (non-hydrogen) atoms. The van der Waals surface area contributed by atoms with Crippen molar-refractivity contribution in [3.63, 3.8) is 0 Å². The summed E-state index contributed by atoms with van der Waals surface area (Å²) in [4.78, 5) is 18.3. The van der Waals surface area contributed by atoms with Crippen LogP contribution in [-0.4, -0.2) is 16.4 Å². The third-order valence-corrected chi connectivity index (χ3v) is 9.40. The summed E-state index contributed by atoms with van der Waals surface area (Å²) in [7, 11) is -4.37. The average Bonchev–Trinajstić information content (AvgIpc) is 2.94. The van der Waals surface area contributed by atoms with E-state index in [4.69, 9.17) is 14.3 Å². The predicted molar refractivity (Wildman–Crippen MR) is 181 cm³/mol. The highest BCUT2D eigenvalue weighted by molar-refractivity contribution is 7.46. The normalized spacial score (nSPS) is 12.8. The molecule has 0 aromatic rings. The zero-order valence-corrected chi connectivity index (χ0v) is 29.0. The Bertz CT molecular complexity index is 536. The Morgan fingerprint density at radius 3 is 0.854 bits per heavy atom. The Morgan fingerprint density at radius 1 is 0.415 bits per heavy atom. The maximum absolute atomic E-state index is 11.2. The van der Waals surface area contributed by atoms with Crippen molar-refractivity contribution in [2.45, 2.75) is 219 Å². The van der Waals surface area contributed by atoms with Crippen LogP contribution >= 0.6 is 7.82 Å². The van der Waals surface area contributed by atoms with Crippen molar-refractivity contribution in [2.75, 3.05) is 6.61 Å². The molecule has 5 heteroatoms. The van der Waals surface area contributed by atoms with Gasteiger partial charge in [0, 0.05) is 0 Å². The molecular formula is C36H75O4P. The SMILES string of the molecule is CCCCCCCCCCCCCCCCCCC(CCCCCCCCCCCCCCCC)COP(=O)(O)O. The Morgan fingerprint density at radius 2 is 0.634 bits per heavy atom. The van der Waals surface area contributed by atoms with Gasteiger partial charge in [-0.05, 0) is 18.8 Å². The molecule has 0 aromatic carbocycles. The molecule has 0 bridgehead atoms. The van der Waals surface area contributed by atoms with Gasteiger partial charge in [-0.15, -0.1) is 0 Å². The van der Waals surface area contributed by atoms with Gasteiger partial charge in [-0.3, -0.25) is 4.52 Å². The topological polar surface area (TPSA) is 66.8 Å². The summed E-state index contributed by atoms with van der Waals surface area (Å²) >= 11 is 0. The molecule has 0 rings (SSSR count). The number of phosphoric acid groups is 1. The first-order valence-corrected chi connectivity index (χ1v) is 20.2. The number of unbranched alkanes of at least 4 members (excludes halogenated alkanes) is 28. The quantitative estimate of drug-likeness (QED) is 0.0559. The van der Waals surface area contributed by atoms with Crippen molar-refractivity contribution in [3.8, 4) is 0 Å². The Hall–Kier alpha value is 0.110. The molecule has 0 aromatic heterocycles. The smallest absolute Gasteiger partial charge is 0.303 e. The minimum absolute atomic E-state index is 0.210. The van der Waals surface area contributed by atoms with Crippen LogP contribution < -0.4 is 0 Å². The second kappa shape index (κ2) is 33.0. The van der Waals surface area contributed by atoms with Crippen LogP contribution in [0.5, 0.6) is 0 Å². The van der Waals surface area contributed by atoms with Crippen molar-refractivity contribution in [1.82, 2.24) is 0 Å². The van der Waals surface area contributed by atoms with E-state index in [1.54, 1.807) is 0 Å². The van der Waals surface area contributed by atoms with Crippen LogP contribution in [-0.2, 0) is 9.09 Å². The fourth-order valence-corrected chi connectivity index (χ4v) is 6.53. The average molecular weight is 603 g/mol. The fourth-order valence-electron chi connectivity index (χ4n) is 6.12. The molecule has 0 amide bonds. The maximum atomic E-state index is 11.2. The van der Waals surface area contributed by atoms with Gasteiger partial charge < -0.3 is 9.79 Å². The molecule has 1 unspecified atom stereocenters. The van der Waals surface area contributed by atoms with E-state index in [0.29, 0.717) is 0 Å². The molecule has 0 saturated carbocycles. The van der Waals surface area contributed by atoms with Crippen molar-refractivity contribution < 1.29 is 18.9 Å². The Labute approximate surface area is 258 Å². The van der Waals surface area contributed by atoms with Gasteiger partial charge in [0.25, 0.3) is 0 Å². The molecule has 0 aliphatic heterocycles. The van der Waals surface area contributed by atoms with E-state index in [9.17, 15) is 4.57 Å². The first-order chi connectivity index (χ1) is 20.0. The minimum Gasteiger partial charge on any atom is -0.303 e. The first-order valence-electron chi connectivity index (χ1n) is 18.7. The first kappa shape index (κ1) is 41.1. The van der Waals surface area contributed by atoms with Gasteiger partial charge in [0.2, 0.25) is 0 Å². The summed E-state index contributed by atoms with van der Waals surface area (Å²) in [5.41, 5.74) is 0. The summed E-state index contributed by atoms with van der Waals surface area (Å²) in [6.07, 6.45) is 43.0. The third-order valence-electron chi connectivity index (χ3n) is 8.91. The van der Waals surface area contributed by atoms with Gasteiger partial charge in [0.15, 0.2) is 0 Å². The third kappa shape index (κ3) is 36.2. The highest BCUT2D eigenvalue weighted by Crippen LogP contribution is 2.37. The van der Waals surface area contributed by atoms with Crippen LogP contribution in [0.2, 0.25) is 0 Å². The largest absolute Gasteiger partial charge is 0.469 e. The van der Waals surface area contributed by atoms with Gasteiger partial charge in [-0.25, -0.2) is 4.57 Å². The lowest BCUT2D eigenvalue weighted by Gasteiger charge is -2.17. The van der Waals surface area contributed by atoms with Crippen LogP contribution in [0.25, 0.3) is 0 Å². The highest BCUT2D eigenvalue weighted by atomic mass is 31.2. The van der Waals surface area contributed by atoms with Crippen LogP contribution in [0, 0.1) is 5.92 Å². The lowest BCUT2D eigenvalue weighted by molar-refractivity contribution is 0.157. The van der Waals surface area contributed by atoms with Crippen molar-refractivity contribution in [2.24, 2.45) is 5.92 Å². The van der Waals surface area contributed by atoms with E-state index in [1.165, 1.54) is 180 Å². The van der Waals surface area contributed by atoms with E-state index in [1.807, 2.05) is 0 Å². The molecule has 0 saturated heterocycles. The Kier molecular flexibility index (Phi) is 33.1. The van der Waals surface area contributed by atoms with Gasteiger partial charge in [-0.2, -0.15) is 0 Å². The summed E-state index contributed by atoms with van der Waals surface area (Å²) in [5, 5.41) is 0. The van der Waals surface area contributed by atoms with Crippen molar-refractivity contribution in [3.05, 3.63) is 0 Å². The molecule has 0 spiro atoms. The standard InChI is InChI=1S/C36H75O4P/c1-3-5-7-9-11-13-15-17-19-20-22-24-26-28-30-32-34-36(35-40-41(37,38)39)33-31-29-27-25-23-21-18-16-14-12-10-8-6-4-2/h36H,3-35H2,1-2H3,(H2,37,38,39). The molecule has 0 heterocycles. The summed E-state index contributed by atoms with van der Waals surface area (Å²) in [5.74, 6) is 0.284. The number of hydrogen-bond acceptors (Lipinski definition) is 2. The van der Waals surface area contributed by atoms with E-state index >= 15 is 0 Å². The molecule has 248 valence electrons. The zero-order valence-electron chi connectivity index (χ0n) is 28.1. The van der Waals surface area contributed by atoms with Crippen molar-refractivity contribution >= 4 is 7.82 Å². The van der Waals surface area contributed by atoms with Crippen LogP contribution in [0.1, 0.15) is 219 Å². The van der Waals surface area contributed by atoms with Crippen LogP contribution in [0.15, 0.2) is 0 Å². The zero-order chi connectivity index (χ0) is 30.1. The molecule has 0 aliphatic carbocycles. The Balaban J connectivity index is 3.66. The molecule has 2 N–H and O–H groups in total. The van der Waals surface area contributed by atoms with E-state index in [0.717, 1.165) is 25.7 Å². The van der Waals surface area contributed by atoms with E-state index < -0.39 is 7.82 Å². The summed E-state index contributed by atoms with van der Waals surface area (Å²) < 4.78 is 16.1. The summed E-state index contributed by atoms with van der Waals surface area (Å²) in [6.45, 7) is 4.77. The molecular weight excluding hydrogens is 527 g/mol. The second-order valence-corrected chi connectivity index (χ2v) is 14.4. The van der Waals surface area contributed by atoms with E-state index in [2.05, 4.69) is 13.8 Å². The summed E-state index contributed by atoms with van der Waals surface area (Å²) in [6, 6.07) is 0. The number of hydrogen-bond donors (Lipinski definition) is 2. The molecule has 0 radical (unpaired) electrons. The second-order valence-electron chi connectivity index (χ2n) is 13.1. The minimum atomic E-state index is -4.37. The molecule has 4 nitrogen and oxygen atoms in total. The van der Waals surface area contributed by atoms with Crippen LogP contribution in [0.4, 0.5) is 0 Å². The molecule has 0 fully saturated rings. The maximum Gasteiger partial charge on any atom is 0.469 e. The van der Waals surface area contributed by atoms with Crippen LogP contribution in [0.3, 0.4) is 0 Å². The molecule has 1 atom stereocenters. The molecule has 0 aliphatic rings. The van der Waals surface area contributed by atoms with Gasteiger partial charge in [0.1, 0.15) is 0 Å². The monoisotopic (exact) mass is 603 g/mol. The number of phosphoric ester groups is 1. The lowest BCUT2D eigenvalue weighted by atomic mass is 9.94. The fraction of sp³-hybridized carbons (Fsp3) is 1.00. The highest BCUT2D eigenvalue weighted by Gasteiger charge is 2.18. The van der Waals surface area contributed by atoms with Gasteiger partial charge in [0.05, 0.1) is 6.61 Å². The number of rotatable bonds is 35. The van der Waals surface area contributed by atoms with Gasteiger partial charge >= 0.3 is 7.82 Å². The predicted octanol–water partition coefficient (Wildman–Crippen LogP) is 13.2. The van der Waals surface area contributed by atoms with Gasteiger partial charge in [-0.1, -0.05) is 206 Å². The van der Waals surface area contributed by atoms with E-state index in [-0.39, 0.29) is 12.5 Å². The lowest BCUT2D eigenvalue weighted by Crippen LogP contribution is -2.09.